The molecule has 0 atom stereocenters. The summed E-state index contributed by atoms with van der Waals surface area (Å²) in [6.07, 6.45) is 0. The van der Waals surface area contributed by atoms with Crippen molar-refractivity contribution < 1.29 is 53.1 Å². The van der Waals surface area contributed by atoms with Gasteiger partial charge in [0.1, 0.15) is 0 Å². The van der Waals surface area contributed by atoms with Crippen LogP contribution < -0.4 is 18.9 Å². The number of carbonyl (C=O) groups is 2. The van der Waals surface area contributed by atoms with Crippen LogP contribution in [0, 0.1) is 13.8 Å². The van der Waals surface area contributed by atoms with E-state index in [1.54, 1.807) is 0 Å². The fourth-order valence-electron chi connectivity index (χ4n) is 1.70. The molecule has 3 N–H and O–H groups in total. The fraction of sp³-hybridized carbons (Fsp3) is 0.200. The van der Waals surface area contributed by atoms with Crippen molar-refractivity contribution >= 4 is 22.1 Å². The Hall–Kier alpha value is -1.33. The third-order valence-corrected chi connectivity index (χ3v) is 3.50. The van der Waals surface area contributed by atoms with E-state index >= 15 is 0 Å². The zero-order valence-corrected chi connectivity index (χ0v) is 11.3. The van der Waals surface area contributed by atoms with Crippen molar-refractivity contribution in [3.8, 4) is 0 Å². The van der Waals surface area contributed by atoms with Crippen LogP contribution in [0.3, 0.4) is 0 Å². The molecular formula is C10H11LiO7S. The summed E-state index contributed by atoms with van der Waals surface area (Å²) in [5.74, 6) is -2.93. The molecule has 1 aromatic rings. The van der Waals surface area contributed by atoms with Crippen LogP contribution in [0.4, 0.5) is 0 Å². The average Bonchev–Trinajstić information content (AvgIpc) is 2.13. The second kappa shape index (κ2) is 5.75. The Labute approximate surface area is 122 Å². The summed E-state index contributed by atoms with van der Waals surface area (Å²) in [6, 6.07) is 0.745. The fourth-order valence-corrected chi connectivity index (χ4v) is 2.45. The van der Waals surface area contributed by atoms with Crippen LogP contribution in [0.5, 0.6) is 0 Å². The SMILES string of the molecule is Cc1c(C(=O)O)cc(S(=O)(=O)O)c(C)c1C(=O)O.[H-].[Li+]. The number of hydrogen-bond donors (Lipinski definition) is 3. The van der Waals surface area contributed by atoms with Crippen molar-refractivity contribution in [2.24, 2.45) is 0 Å². The summed E-state index contributed by atoms with van der Waals surface area (Å²) in [4.78, 5) is 21.2. The van der Waals surface area contributed by atoms with Gasteiger partial charge >= 0.3 is 30.8 Å². The predicted octanol–water partition coefficient (Wildman–Crippen LogP) is -1.94. The van der Waals surface area contributed by atoms with Gasteiger partial charge in [-0.15, -0.1) is 0 Å². The number of carboxylic acid groups (broad SMARTS) is 2. The average molecular weight is 282 g/mol. The van der Waals surface area contributed by atoms with Crippen LogP contribution in [0.1, 0.15) is 33.3 Å². The van der Waals surface area contributed by atoms with Gasteiger partial charge in [-0.05, 0) is 31.0 Å². The zero-order chi connectivity index (χ0) is 14.2. The van der Waals surface area contributed by atoms with Crippen molar-refractivity contribution in [2.75, 3.05) is 0 Å². The van der Waals surface area contributed by atoms with Gasteiger partial charge in [0, 0.05) is 0 Å². The van der Waals surface area contributed by atoms with E-state index in [0.717, 1.165) is 6.07 Å². The Bertz CT molecular complexity index is 654. The van der Waals surface area contributed by atoms with E-state index in [0.29, 0.717) is 0 Å². The molecule has 0 aromatic heterocycles. The molecule has 0 aliphatic rings. The first-order valence-electron chi connectivity index (χ1n) is 4.65. The van der Waals surface area contributed by atoms with E-state index in [9.17, 15) is 18.0 Å². The summed E-state index contributed by atoms with van der Waals surface area (Å²) in [7, 11) is -4.69. The largest absolute Gasteiger partial charge is 1.00 e. The number of hydrogen-bond acceptors (Lipinski definition) is 4. The predicted molar refractivity (Wildman–Crippen MR) is 60.8 cm³/mol. The molecule has 0 fully saturated rings. The molecular weight excluding hydrogens is 271 g/mol. The van der Waals surface area contributed by atoms with Gasteiger partial charge in [0.25, 0.3) is 10.1 Å². The van der Waals surface area contributed by atoms with Gasteiger partial charge < -0.3 is 11.6 Å². The van der Waals surface area contributed by atoms with E-state index in [2.05, 4.69) is 0 Å². The molecule has 0 heterocycles. The maximum absolute atomic E-state index is 11.1. The van der Waals surface area contributed by atoms with E-state index < -0.39 is 38.1 Å². The Kier molecular flexibility index (Phi) is 5.35. The van der Waals surface area contributed by atoms with Crippen molar-refractivity contribution in [1.29, 1.82) is 0 Å². The van der Waals surface area contributed by atoms with Crippen molar-refractivity contribution in [3.05, 3.63) is 28.3 Å². The van der Waals surface area contributed by atoms with Crippen LogP contribution >= 0.6 is 0 Å². The molecule has 0 radical (unpaired) electrons. The minimum Gasteiger partial charge on any atom is -1.00 e. The molecule has 19 heavy (non-hydrogen) atoms. The third-order valence-electron chi connectivity index (χ3n) is 2.52. The third kappa shape index (κ3) is 3.36. The topological polar surface area (TPSA) is 129 Å². The maximum Gasteiger partial charge on any atom is 1.00 e. The Balaban J connectivity index is 0. The summed E-state index contributed by atoms with van der Waals surface area (Å²) in [5, 5.41) is 17.9. The molecule has 0 saturated carbocycles. The maximum atomic E-state index is 11.1. The first kappa shape index (κ1) is 17.7. The summed E-state index contributed by atoms with van der Waals surface area (Å²) < 4.78 is 31.1. The van der Waals surface area contributed by atoms with Crippen LogP contribution in [-0.4, -0.2) is 35.1 Å². The molecule has 100 valence electrons. The van der Waals surface area contributed by atoms with Gasteiger partial charge in [0.05, 0.1) is 16.0 Å². The Morgan fingerprint density at radius 1 is 1.11 bits per heavy atom. The summed E-state index contributed by atoms with van der Waals surface area (Å²) in [6.45, 7) is 2.44. The van der Waals surface area contributed by atoms with Crippen LogP contribution in [0.2, 0.25) is 0 Å². The second-order valence-corrected chi connectivity index (χ2v) is 5.02. The first-order chi connectivity index (χ1) is 8.07. The molecule has 7 nitrogen and oxygen atoms in total. The zero-order valence-electron chi connectivity index (χ0n) is 11.5. The summed E-state index contributed by atoms with van der Waals surface area (Å²) in [5.41, 5.74) is -1.19. The monoisotopic (exact) mass is 282 g/mol. The molecule has 1 aromatic carbocycles. The smallest absolute Gasteiger partial charge is 1.00 e. The normalized spacial score (nSPS) is 10.7. The minimum atomic E-state index is -4.69. The van der Waals surface area contributed by atoms with Gasteiger partial charge in [-0.3, -0.25) is 4.55 Å². The molecule has 9 heteroatoms. The van der Waals surface area contributed by atoms with Crippen LogP contribution in [-0.2, 0) is 10.1 Å². The van der Waals surface area contributed by atoms with E-state index in [1.807, 2.05) is 0 Å². The molecule has 0 bridgehead atoms. The summed E-state index contributed by atoms with van der Waals surface area (Å²) >= 11 is 0. The molecule has 0 spiro atoms. The Morgan fingerprint density at radius 2 is 1.58 bits per heavy atom. The van der Waals surface area contributed by atoms with Crippen LogP contribution in [0.15, 0.2) is 11.0 Å². The van der Waals surface area contributed by atoms with Crippen molar-refractivity contribution in [1.82, 2.24) is 0 Å². The Morgan fingerprint density at radius 3 is 1.89 bits per heavy atom. The van der Waals surface area contributed by atoms with E-state index in [4.69, 9.17) is 14.8 Å². The van der Waals surface area contributed by atoms with E-state index in [-0.39, 0.29) is 31.4 Å². The minimum absolute atomic E-state index is 0. The van der Waals surface area contributed by atoms with Gasteiger partial charge in [0.15, 0.2) is 0 Å². The van der Waals surface area contributed by atoms with Crippen molar-refractivity contribution in [3.63, 3.8) is 0 Å². The molecule has 0 saturated heterocycles. The first-order valence-corrected chi connectivity index (χ1v) is 6.09. The molecule has 0 amide bonds. The second-order valence-electron chi connectivity index (χ2n) is 3.63. The number of rotatable bonds is 3. The molecule has 0 aliphatic heterocycles. The van der Waals surface area contributed by atoms with Gasteiger partial charge in [-0.1, -0.05) is 0 Å². The molecule has 0 aliphatic carbocycles. The van der Waals surface area contributed by atoms with Gasteiger partial charge in [0.2, 0.25) is 0 Å². The number of carboxylic acids is 2. The molecule has 0 unspecified atom stereocenters. The van der Waals surface area contributed by atoms with Gasteiger partial charge in [-0.2, -0.15) is 8.42 Å². The quantitative estimate of drug-likeness (QED) is 0.434. The van der Waals surface area contributed by atoms with Crippen LogP contribution in [0.25, 0.3) is 0 Å². The van der Waals surface area contributed by atoms with E-state index in [1.165, 1.54) is 13.8 Å². The number of benzene rings is 1. The van der Waals surface area contributed by atoms with Gasteiger partial charge in [-0.25, -0.2) is 9.59 Å². The van der Waals surface area contributed by atoms with Crippen molar-refractivity contribution in [2.45, 2.75) is 18.7 Å². The molecule has 1 rings (SSSR count). The number of aromatic carboxylic acids is 2. The standard InChI is InChI=1S/C10H10O7S.Li.H/c1-4-6(9(11)12)3-7(18(15,16)17)5(2)8(4)10(13)14;;/h3H,1-2H3,(H,11,12)(H,13,14)(H,15,16,17);;/q;+1;-1.